The molecule has 3 rings (SSSR count). The summed E-state index contributed by atoms with van der Waals surface area (Å²) in [5.41, 5.74) is 1.37. The molecule has 4 nitrogen and oxygen atoms in total. The Hall–Kier alpha value is -1.26. The first-order valence-electron chi connectivity index (χ1n) is 10.5. The number of rotatable bonds is 0. The van der Waals surface area contributed by atoms with Crippen molar-refractivity contribution in [2.24, 2.45) is 29.6 Å². The van der Waals surface area contributed by atoms with Gasteiger partial charge in [-0.1, -0.05) is 53.2 Å². The van der Waals surface area contributed by atoms with E-state index in [9.17, 15) is 9.59 Å². The standard InChI is InChI=1S/C17H22O2.C3H8.2C2H6O/c1-9-5-4-6-12-13-8-7-10(2)16(18)15(13)17(19)11(3)14(9)12;3*1-3-2/h9,12-15H,2-8H2,1H3;3H2,1-2H3;2*1-2H3. The van der Waals surface area contributed by atoms with Crippen LogP contribution in [0.1, 0.15) is 59.3 Å². The van der Waals surface area contributed by atoms with Crippen LogP contribution in [0.2, 0.25) is 0 Å². The Balaban J connectivity index is 0.000000695. The molecule has 0 amide bonds. The van der Waals surface area contributed by atoms with Gasteiger partial charge in [0, 0.05) is 28.4 Å². The summed E-state index contributed by atoms with van der Waals surface area (Å²) in [5, 5.41) is 0. The van der Waals surface area contributed by atoms with Crippen LogP contribution in [0.25, 0.3) is 0 Å². The predicted octanol–water partition coefficient (Wildman–Crippen LogP) is 5.27. The number of ether oxygens (including phenoxy) is 2. The molecule has 0 N–H and O–H groups in total. The molecule has 0 bridgehead atoms. The summed E-state index contributed by atoms with van der Waals surface area (Å²) in [6.07, 6.45) is 6.55. The average molecular weight is 395 g/mol. The maximum Gasteiger partial charge on any atom is 0.169 e. The van der Waals surface area contributed by atoms with Crippen LogP contribution in [0.5, 0.6) is 0 Å². The second-order valence-electron chi connectivity index (χ2n) is 8.16. The van der Waals surface area contributed by atoms with E-state index in [1.165, 1.54) is 19.3 Å². The van der Waals surface area contributed by atoms with Crippen molar-refractivity contribution in [1.82, 2.24) is 0 Å². The first-order chi connectivity index (χ1) is 13.3. The van der Waals surface area contributed by atoms with E-state index in [4.69, 9.17) is 0 Å². The van der Waals surface area contributed by atoms with Crippen LogP contribution in [0.4, 0.5) is 0 Å². The van der Waals surface area contributed by atoms with Gasteiger partial charge in [0.05, 0.1) is 5.92 Å². The lowest BCUT2D eigenvalue weighted by atomic mass is 9.53. The minimum absolute atomic E-state index is 0.000855. The number of methoxy groups -OCH3 is 2. The highest BCUT2D eigenvalue weighted by atomic mass is 16.5. The molecular weight excluding hydrogens is 352 g/mol. The molecule has 0 aliphatic heterocycles. The fourth-order valence-electron chi connectivity index (χ4n) is 4.72. The number of allylic oxidation sites excluding steroid dienone is 2. The van der Waals surface area contributed by atoms with Crippen LogP contribution in [0, 0.1) is 29.6 Å². The molecule has 3 saturated carbocycles. The van der Waals surface area contributed by atoms with E-state index >= 15 is 0 Å². The summed E-state index contributed by atoms with van der Waals surface area (Å²) >= 11 is 0. The topological polar surface area (TPSA) is 52.6 Å². The van der Waals surface area contributed by atoms with Crippen LogP contribution in [-0.4, -0.2) is 40.0 Å². The van der Waals surface area contributed by atoms with Crippen molar-refractivity contribution in [3.8, 4) is 0 Å². The van der Waals surface area contributed by atoms with Crippen molar-refractivity contribution in [2.75, 3.05) is 28.4 Å². The maximum atomic E-state index is 12.6. The maximum absolute atomic E-state index is 12.6. The fraction of sp³-hybridized carbons (Fsp3) is 0.750. The van der Waals surface area contributed by atoms with E-state index in [0.717, 1.165) is 24.8 Å². The zero-order valence-electron chi connectivity index (χ0n) is 19.2. The Morgan fingerprint density at radius 2 is 1.39 bits per heavy atom. The van der Waals surface area contributed by atoms with Gasteiger partial charge in [0.15, 0.2) is 11.6 Å². The fourth-order valence-corrected chi connectivity index (χ4v) is 4.72. The summed E-state index contributed by atoms with van der Waals surface area (Å²) in [7, 11) is 6.50. The van der Waals surface area contributed by atoms with Gasteiger partial charge >= 0.3 is 0 Å². The third-order valence-corrected chi connectivity index (χ3v) is 5.66. The van der Waals surface area contributed by atoms with Crippen molar-refractivity contribution in [3.05, 3.63) is 24.3 Å². The van der Waals surface area contributed by atoms with Crippen molar-refractivity contribution >= 4 is 11.6 Å². The highest BCUT2D eigenvalue weighted by molar-refractivity contribution is 6.16. The van der Waals surface area contributed by atoms with E-state index in [-0.39, 0.29) is 17.5 Å². The minimum Gasteiger partial charge on any atom is -0.388 e. The number of fused-ring (bicyclic) bond motifs is 3. The van der Waals surface area contributed by atoms with Crippen LogP contribution >= 0.6 is 0 Å². The lowest BCUT2D eigenvalue weighted by Gasteiger charge is -2.49. The van der Waals surface area contributed by atoms with Crippen molar-refractivity contribution in [1.29, 1.82) is 0 Å². The highest BCUT2D eigenvalue weighted by Gasteiger charge is 2.52. The molecule has 0 saturated heterocycles. The average Bonchev–Trinajstić information content (AvgIpc) is 2.64. The first kappa shape index (κ1) is 26.7. The van der Waals surface area contributed by atoms with Gasteiger partial charge in [-0.2, -0.15) is 0 Å². The molecule has 0 aromatic heterocycles. The summed E-state index contributed by atoms with van der Waals surface area (Å²) in [5.74, 6) is 1.18. The van der Waals surface area contributed by atoms with Crippen LogP contribution < -0.4 is 0 Å². The minimum atomic E-state index is -0.444. The molecule has 5 unspecified atom stereocenters. The molecule has 4 heteroatoms. The van der Waals surface area contributed by atoms with Gasteiger partial charge < -0.3 is 9.47 Å². The zero-order valence-corrected chi connectivity index (χ0v) is 19.2. The van der Waals surface area contributed by atoms with E-state index in [0.29, 0.717) is 23.3 Å². The quantitative estimate of drug-likeness (QED) is 0.415. The van der Waals surface area contributed by atoms with E-state index < -0.39 is 5.92 Å². The van der Waals surface area contributed by atoms with Gasteiger partial charge in [-0.25, -0.2) is 0 Å². The summed E-state index contributed by atoms with van der Waals surface area (Å²) in [6, 6.07) is 0. The van der Waals surface area contributed by atoms with Gasteiger partial charge in [0.2, 0.25) is 0 Å². The molecule has 0 spiro atoms. The van der Waals surface area contributed by atoms with Gasteiger partial charge in [0.1, 0.15) is 0 Å². The smallest absolute Gasteiger partial charge is 0.169 e. The number of carbonyl (C=O) groups is 2. The number of hydrogen-bond acceptors (Lipinski definition) is 4. The molecule has 0 aromatic rings. The number of Topliss-reactive ketones (excluding diaryl/α,β-unsaturated/α-hetero) is 2. The number of hydrogen-bond donors (Lipinski definition) is 0. The Morgan fingerprint density at radius 1 is 0.893 bits per heavy atom. The molecular formula is C24H42O4. The van der Waals surface area contributed by atoms with E-state index in [1.807, 2.05) is 0 Å². The normalized spacial score (nSPS) is 31.0. The van der Waals surface area contributed by atoms with Gasteiger partial charge in [-0.3, -0.25) is 9.59 Å². The number of ketones is 2. The third kappa shape index (κ3) is 6.66. The van der Waals surface area contributed by atoms with Crippen LogP contribution in [0.15, 0.2) is 24.3 Å². The Bertz CT molecular complexity index is 518. The van der Waals surface area contributed by atoms with Crippen molar-refractivity contribution in [2.45, 2.75) is 59.3 Å². The Kier molecular flexibility index (Phi) is 13.2. The van der Waals surface area contributed by atoms with Crippen molar-refractivity contribution < 1.29 is 19.1 Å². The van der Waals surface area contributed by atoms with Gasteiger partial charge in [-0.15, -0.1) is 0 Å². The summed E-state index contributed by atoms with van der Waals surface area (Å²) in [4.78, 5) is 24.9. The third-order valence-electron chi connectivity index (χ3n) is 5.66. The second kappa shape index (κ2) is 13.8. The molecule has 3 fully saturated rings. The summed E-state index contributed by atoms with van der Waals surface area (Å²) in [6.45, 7) is 14.4. The Labute approximate surface area is 172 Å². The first-order valence-corrected chi connectivity index (χ1v) is 10.5. The lowest BCUT2D eigenvalue weighted by molar-refractivity contribution is -0.138. The molecule has 3 aliphatic rings. The second-order valence-corrected chi connectivity index (χ2v) is 8.16. The zero-order chi connectivity index (χ0) is 21.9. The molecule has 0 heterocycles. The van der Waals surface area contributed by atoms with Gasteiger partial charge in [-0.05, 0) is 54.1 Å². The lowest BCUT2D eigenvalue weighted by Crippen LogP contribution is -2.50. The molecule has 28 heavy (non-hydrogen) atoms. The van der Waals surface area contributed by atoms with Crippen LogP contribution in [0.3, 0.4) is 0 Å². The van der Waals surface area contributed by atoms with Gasteiger partial charge in [0.25, 0.3) is 0 Å². The summed E-state index contributed by atoms with van der Waals surface area (Å²) < 4.78 is 8.50. The molecule has 5 atom stereocenters. The molecule has 0 radical (unpaired) electrons. The van der Waals surface area contributed by atoms with E-state index in [2.05, 4.69) is 43.4 Å². The van der Waals surface area contributed by atoms with E-state index in [1.54, 1.807) is 28.4 Å². The molecule has 162 valence electrons. The predicted molar refractivity (Wildman–Crippen MR) is 116 cm³/mol. The van der Waals surface area contributed by atoms with Crippen LogP contribution in [-0.2, 0) is 19.1 Å². The van der Waals surface area contributed by atoms with Crippen molar-refractivity contribution in [3.63, 3.8) is 0 Å². The largest absolute Gasteiger partial charge is 0.388 e. The number of carbonyl (C=O) groups excluding carboxylic acids is 2. The monoisotopic (exact) mass is 394 g/mol. The highest BCUT2D eigenvalue weighted by Crippen LogP contribution is 2.52. The molecule has 0 aromatic carbocycles. The Morgan fingerprint density at radius 3 is 1.89 bits per heavy atom. The SMILES string of the molecule is C=C1CCC2C(C1=O)C(=O)C(=C)C1C(C)CCCC21.CCC.COC.COC. The molecule has 3 aliphatic carbocycles.